The molecule has 0 aromatic rings. The van der Waals surface area contributed by atoms with Crippen LogP contribution in [0.15, 0.2) is 0 Å². The topological polar surface area (TPSA) is 19.9 Å². The molecule has 1 nitrogen and oxygen atoms in total. The maximum Gasteiger partial charge on any atom is 0.0982 e. The molecule has 0 saturated heterocycles. The molecule has 0 heterocycles. The van der Waals surface area contributed by atoms with Crippen LogP contribution in [0.25, 0.3) is 0 Å². The van der Waals surface area contributed by atoms with Crippen LogP contribution in [0.1, 0.15) is 47.0 Å². The SMILES string of the molecule is CCCC(C)CC(C)(C)[O]. The molecule has 0 spiro atoms. The fourth-order valence-corrected chi connectivity index (χ4v) is 1.43. The molecule has 1 radical (unpaired) electrons. The van der Waals surface area contributed by atoms with Crippen LogP contribution in [0.3, 0.4) is 0 Å². The van der Waals surface area contributed by atoms with Gasteiger partial charge in [0.2, 0.25) is 0 Å². The summed E-state index contributed by atoms with van der Waals surface area (Å²) >= 11 is 0. The van der Waals surface area contributed by atoms with Crippen LogP contribution in [0.2, 0.25) is 0 Å². The molecule has 1 heteroatoms. The molecule has 0 aromatic heterocycles. The number of hydrogen-bond donors (Lipinski definition) is 0. The van der Waals surface area contributed by atoms with E-state index in [1.807, 2.05) is 0 Å². The Hall–Kier alpha value is -0.0400. The van der Waals surface area contributed by atoms with Crippen molar-refractivity contribution in [3.8, 4) is 0 Å². The molecule has 10 heavy (non-hydrogen) atoms. The van der Waals surface area contributed by atoms with E-state index in [-0.39, 0.29) is 0 Å². The van der Waals surface area contributed by atoms with Gasteiger partial charge in [0.25, 0.3) is 0 Å². The van der Waals surface area contributed by atoms with Crippen LogP contribution < -0.4 is 0 Å². The molecular formula is C9H19O. The van der Waals surface area contributed by atoms with Gasteiger partial charge in [-0.15, -0.1) is 0 Å². The Labute approximate surface area is 64.5 Å². The molecule has 0 aliphatic heterocycles. The Morgan fingerprint density at radius 3 is 2.20 bits per heavy atom. The zero-order valence-electron chi connectivity index (χ0n) is 7.61. The van der Waals surface area contributed by atoms with Crippen molar-refractivity contribution < 1.29 is 5.11 Å². The second-order valence-electron chi connectivity index (χ2n) is 3.86. The standard InChI is InChI=1S/C9H19O/c1-5-6-8(2)7-9(3,4)10/h8H,5-7H2,1-4H3. The normalized spacial score (nSPS) is 15.3. The van der Waals surface area contributed by atoms with E-state index < -0.39 is 5.60 Å². The summed E-state index contributed by atoms with van der Waals surface area (Å²) in [6, 6.07) is 0. The lowest BCUT2D eigenvalue weighted by Crippen LogP contribution is -2.20. The van der Waals surface area contributed by atoms with Crippen LogP contribution in [0.4, 0.5) is 0 Å². The van der Waals surface area contributed by atoms with E-state index in [9.17, 15) is 5.11 Å². The van der Waals surface area contributed by atoms with Crippen molar-refractivity contribution in [1.82, 2.24) is 0 Å². The van der Waals surface area contributed by atoms with E-state index in [2.05, 4.69) is 13.8 Å². The first-order valence-electron chi connectivity index (χ1n) is 4.16. The summed E-state index contributed by atoms with van der Waals surface area (Å²) in [5, 5.41) is 11.2. The van der Waals surface area contributed by atoms with Crippen LogP contribution in [-0.4, -0.2) is 5.60 Å². The maximum absolute atomic E-state index is 11.2. The highest BCUT2D eigenvalue weighted by Crippen LogP contribution is 2.19. The summed E-state index contributed by atoms with van der Waals surface area (Å²) in [5.41, 5.74) is -0.728. The van der Waals surface area contributed by atoms with Crippen LogP contribution in [0, 0.1) is 5.92 Å². The van der Waals surface area contributed by atoms with E-state index in [1.54, 1.807) is 13.8 Å². The Bertz CT molecular complexity index is 81.2. The van der Waals surface area contributed by atoms with Gasteiger partial charge in [0.15, 0.2) is 0 Å². The molecule has 0 aromatic carbocycles. The van der Waals surface area contributed by atoms with Crippen molar-refractivity contribution in [3.05, 3.63) is 0 Å². The quantitative estimate of drug-likeness (QED) is 0.576. The molecular weight excluding hydrogens is 124 g/mol. The average Bonchev–Trinajstić information content (AvgIpc) is 1.59. The molecule has 61 valence electrons. The van der Waals surface area contributed by atoms with Crippen LogP contribution in [-0.2, 0) is 5.11 Å². The first-order chi connectivity index (χ1) is 4.45. The van der Waals surface area contributed by atoms with E-state index in [0.717, 1.165) is 6.42 Å². The highest BCUT2D eigenvalue weighted by atomic mass is 16.3. The van der Waals surface area contributed by atoms with Gasteiger partial charge in [0.05, 0.1) is 5.60 Å². The predicted molar refractivity (Wildman–Crippen MR) is 43.5 cm³/mol. The van der Waals surface area contributed by atoms with Crippen LogP contribution in [0.5, 0.6) is 0 Å². The van der Waals surface area contributed by atoms with Gasteiger partial charge in [0.1, 0.15) is 0 Å². The Morgan fingerprint density at radius 2 is 1.90 bits per heavy atom. The summed E-state index contributed by atoms with van der Waals surface area (Å²) < 4.78 is 0. The highest BCUT2D eigenvalue weighted by molar-refractivity contribution is 4.68. The summed E-state index contributed by atoms with van der Waals surface area (Å²) in [4.78, 5) is 0. The molecule has 1 unspecified atom stereocenters. The van der Waals surface area contributed by atoms with Crippen molar-refractivity contribution >= 4 is 0 Å². The Kier molecular flexibility index (Phi) is 3.95. The fraction of sp³-hybridized carbons (Fsp3) is 1.00. The average molecular weight is 143 g/mol. The lowest BCUT2D eigenvalue weighted by atomic mass is 9.92. The lowest BCUT2D eigenvalue weighted by molar-refractivity contribution is -0.0153. The van der Waals surface area contributed by atoms with E-state index in [0.29, 0.717) is 5.92 Å². The Morgan fingerprint density at radius 1 is 1.40 bits per heavy atom. The molecule has 0 N–H and O–H groups in total. The van der Waals surface area contributed by atoms with Gasteiger partial charge in [-0.2, -0.15) is 0 Å². The van der Waals surface area contributed by atoms with E-state index >= 15 is 0 Å². The van der Waals surface area contributed by atoms with Crippen LogP contribution >= 0.6 is 0 Å². The third-order valence-electron chi connectivity index (χ3n) is 1.62. The molecule has 0 fully saturated rings. The van der Waals surface area contributed by atoms with Crippen molar-refractivity contribution in [2.75, 3.05) is 0 Å². The summed E-state index contributed by atoms with van der Waals surface area (Å²) in [6.45, 7) is 7.84. The molecule has 0 aliphatic rings. The van der Waals surface area contributed by atoms with Crippen molar-refractivity contribution in [2.24, 2.45) is 5.92 Å². The van der Waals surface area contributed by atoms with Gasteiger partial charge in [-0.25, -0.2) is 5.11 Å². The second-order valence-corrected chi connectivity index (χ2v) is 3.86. The second kappa shape index (κ2) is 3.97. The molecule has 0 rings (SSSR count). The largest absolute Gasteiger partial charge is 0.230 e. The first kappa shape index (κ1) is 9.96. The van der Waals surface area contributed by atoms with E-state index in [4.69, 9.17) is 0 Å². The molecule has 0 amide bonds. The smallest absolute Gasteiger partial charge is 0.0982 e. The fourth-order valence-electron chi connectivity index (χ4n) is 1.43. The van der Waals surface area contributed by atoms with Crippen molar-refractivity contribution in [2.45, 2.75) is 52.6 Å². The highest BCUT2D eigenvalue weighted by Gasteiger charge is 2.18. The summed E-state index contributed by atoms with van der Waals surface area (Å²) in [7, 11) is 0. The minimum atomic E-state index is -0.728. The third-order valence-corrected chi connectivity index (χ3v) is 1.62. The molecule has 1 atom stereocenters. The molecule has 0 saturated carbocycles. The molecule has 0 aliphatic carbocycles. The van der Waals surface area contributed by atoms with Gasteiger partial charge in [-0.1, -0.05) is 26.7 Å². The minimum absolute atomic E-state index is 0.595. The monoisotopic (exact) mass is 143 g/mol. The number of rotatable bonds is 4. The predicted octanol–water partition coefficient (Wildman–Crippen LogP) is 3.02. The van der Waals surface area contributed by atoms with Gasteiger partial charge in [-0.3, -0.25) is 0 Å². The van der Waals surface area contributed by atoms with Gasteiger partial charge < -0.3 is 0 Å². The third kappa shape index (κ3) is 6.09. The Balaban J connectivity index is 3.47. The van der Waals surface area contributed by atoms with Gasteiger partial charge in [-0.05, 0) is 26.2 Å². The zero-order valence-corrected chi connectivity index (χ0v) is 7.61. The number of hydrogen-bond acceptors (Lipinski definition) is 0. The lowest BCUT2D eigenvalue weighted by Gasteiger charge is -2.18. The first-order valence-corrected chi connectivity index (χ1v) is 4.16. The minimum Gasteiger partial charge on any atom is -0.230 e. The maximum atomic E-state index is 11.2. The summed E-state index contributed by atoms with van der Waals surface area (Å²) in [5.74, 6) is 0.595. The van der Waals surface area contributed by atoms with Gasteiger partial charge >= 0.3 is 0 Å². The van der Waals surface area contributed by atoms with E-state index in [1.165, 1.54) is 12.8 Å². The summed E-state index contributed by atoms with van der Waals surface area (Å²) in [6.07, 6.45) is 3.18. The van der Waals surface area contributed by atoms with Crippen molar-refractivity contribution in [1.29, 1.82) is 0 Å². The van der Waals surface area contributed by atoms with Crippen molar-refractivity contribution in [3.63, 3.8) is 0 Å². The zero-order chi connectivity index (χ0) is 8.20. The molecule has 0 bridgehead atoms. The van der Waals surface area contributed by atoms with Gasteiger partial charge in [0, 0.05) is 0 Å².